The van der Waals surface area contributed by atoms with Crippen LogP contribution in [0.1, 0.15) is 0 Å². The van der Waals surface area contributed by atoms with Crippen molar-refractivity contribution in [2.75, 3.05) is 0 Å². The van der Waals surface area contributed by atoms with Crippen LogP contribution in [0.2, 0.25) is 0 Å². The second-order valence-corrected chi connectivity index (χ2v) is 4.95. The fraction of sp³-hybridized carbons (Fsp3) is 0. The van der Waals surface area contributed by atoms with E-state index in [0.29, 0.717) is 0 Å². The molecule has 0 amide bonds. The highest BCUT2D eigenvalue weighted by Gasteiger charge is 1.91. The van der Waals surface area contributed by atoms with Gasteiger partial charge in [-0.25, -0.2) is 0 Å². The molecule has 21 heteroatoms. The lowest BCUT2D eigenvalue weighted by atomic mass is 15.9. The molecule has 0 aliphatic rings. The highest BCUT2D eigenvalue weighted by Crippen LogP contribution is 1.75. The minimum atomic E-state index is -5.17. The lowest BCUT2D eigenvalue weighted by Crippen LogP contribution is -1.80. The van der Waals surface area contributed by atoms with Crippen LogP contribution in [0.4, 0.5) is 15.5 Å². The average molecular weight is 432 g/mol. The summed E-state index contributed by atoms with van der Waals surface area (Å²) in [6.45, 7) is 0. The quantitative estimate of drug-likeness (QED) is 0.136. The van der Waals surface area contributed by atoms with Crippen LogP contribution in [0.5, 0.6) is 0 Å². The molecule has 0 aromatic heterocycles. The minimum Gasteiger partial charge on any atom is -0.260 e. The summed E-state index contributed by atoms with van der Waals surface area (Å²) in [5.41, 5.74) is 0. The first-order chi connectivity index (χ1) is 8.00. The fourth-order valence-electron chi connectivity index (χ4n) is 0. The molecule has 0 heterocycles. The van der Waals surface area contributed by atoms with Gasteiger partial charge in [-0.05, 0) is 11.0 Å². The van der Waals surface area contributed by atoms with Gasteiger partial charge >= 0.3 is 42.0 Å². The van der Waals surface area contributed by atoms with E-state index in [0.717, 1.165) is 0 Å². The van der Waals surface area contributed by atoms with E-state index >= 15 is 0 Å². The zero-order chi connectivity index (χ0) is 18.0. The van der Waals surface area contributed by atoms with Gasteiger partial charge in [-0.2, -0.15) is 33.7 Å². The van der Waals surface area contributed by atoms with Crippen LogP contribution < -0.4 is 0 Å². The maximum atomic E-state index is 10.2. The van der Waals surface area contributed by atoms with Gasteiger partial charge in [0, 0.05) is 0 Å². The van der Waals surface area contributed by atoms with E-state index in [-0.39, 0.29) is 11.0 Å². The van der Waals surface area contributed by atoms with Gasteiger partial charge in [-0.1, -0.05) is 15.5 Å². The molecule has 0 aromatic rings. The van der Waals surface area contributed by atoms with E-state index in [2.05, 4.69) is 0 Å². The molecule has 0 spiro atoms. The zero-order valence-electron chi connectivity index (χ0n) is 8.20. The van der Waals surface area contributed by atoms with Crippen molar-refractivity contribution >= 4 is 53.0 Å². The first kappa shape index (κ1) is 32.5. The van der Waals surface area contributed by atoms with Gasteiger partial charge in [0.1, 0.15) is 0 Å². The van der Waals surface area contributed by atoms with Crippen LogP contribution in [0.25, 0.3) is 0 Å². The second kappa shape index (κ2) is 12.2. The van der Waals surface area contributed by atoms with Gasteiger partial charge in [0.15, 0.2) is 0 Å². The van der Waals surface area contributed by atoms with E-state index in [9.17, 15) is 15.5 Å². The summed E-state index contributed by atoms with van der Waals surface area (Å²) in [7, 11) is -20.7. The molecular formula is H8F4O12S4Si. The third-order valence-electron chi connectivity index (χ3n) is 0. The van der Waals surface area contributed by atoms with Crippen LogP contribution in [0.15, 0.2) is 0 Å². The smallest absolute Gasteiger partial charge is 0.260 e. The van der Waals surface area contributed by atoms with Gasteiger partial charge in [0.05, 0.1) is 0 Å². The Morgan fingerprint density at radius 1 is 0.429 bits per heavy atom. The Kier molecular flexibility index (Phi) is 18.8. The van der Waals surface area contributed by atoms with Crippen molar-refractivity contribution in [3.8, 4) is 0 Å². The molecule has 4 N–H and O–H groups in total. The Morgan fingerprint density at radius 3 is 0.429 bits per heavy atom. The predicted octanol–water partition coefficient (Wildman–Crippen LogP) is -2.42. The van der Waals surface area contributed by atoms with E-state index in [4.69, 9.17) is 51.9 Å². The Balaban J connectivity index is -0.0000000533. The number of rotatable bonds is 0. The molecule has 0 aliphatic carbocycles. The van der Waals surface area contributed by atoms with Crippen molar-refractivity contribution < 1.29 is 67.4 Å². The summed E-state index contributed by atoms with van der Waals surface area (Å²) >= 11 is 0. The van der Waals surface area contributed by atoms with Crippen LogP contribution in [-0.2, 0) is 42.0 Å². The average Bonchev–Trinajstić information content (AvgIpc) is 1.62. The lowest BCUT2D eigenvalue weighted by molar-refractivity contribution is 0.432. The predicted molar refractivity (Wildman–Crippen MR) is 62.0 cm³/mol. The standard InChI is InChI=1S/4FHO3S.H4Si/c4*1-5(2,3)4;/h4*(H,2,3,4);1H4. The van der Waals surface area contributed by atoms with Crippen LogP contribution in [0, 0.1) is 0 Å². The highest BCUT2D eigenvalue weighted by atomic mass is 32.3. The summed E-state index contributed by atoms with van der Waals surface area (Å²) in [6, 6.07) is 0. The highest BCUT2D eigenvalue weighted by molar-refractivity contribution is 7.81. The van der Waals surface area contributed by atoms with Crippen molar-refractivity contribution in [3.05, 3.63) is 0 Å². The van der Waals surface area contributed by atoms with E-state index in [1.54, 1.807) is 0 Å². The lowest BCUT2D eigenvalue weighted by Gasteiger charge is -1.63. The van der Waals surface area contributed by atoms with Crippen molar-refractivity contribution in [2.45, 2.75) is 0 Å². The first-order valence-corrected chi connectivity index (χ1v) is 8.04. The topological polar surface area (TPSA) is 217 Å². The molecule has 21 heavy (non-hydrogen) atoms. The van der Waals surface area contributed by atoms with Gasteiger partial charge < -0.3 is 0 Å². The van der Waals surface area contributed by atoms with E-state index in [1.807, 2.05) is 0 Å². The third kappa shape index (κ3) is 33800. The third-order valence-corrected chi connectivity index (χ3v) is 0. The fourth-order valence-corrected chi connectivity index (χ4v) is 0. The summed E-state index contributed by atoms with van der Waals surface area (Å²) in [5.74, 6) is 0. The number of hydrogen-bond donors (Lipinski definition) is 4. The second-order valence-electron chi connectivity index (χ2n) is 1.65. The van der Waals surface area contributed by atoms with Crippen LogP contribution in [0.3, 0.4) is 0 Å². The Hall–Kier alpha value is -0.423. The number of halogens is 4. The normalized spacial score (nSPS) is 11.0. The molecule has 12 nitrogen and oxygen atoms in total. The largest absolute Gasteiger partial charge is 0.435 e. The molecule has 0 radical (unpaired) electrons. The Bertz CT molecular complexity index is 486. The summed E-state index contributed by atoms with van der Waals surface area (Å²) < 4.78 is 136. The molecule has 0 aromatic carbocycles. The minimum absolute atomic E-state index is 0. The van der Waals surface area contributed by atoms with E-state index < -0.39 is 42.0 Å². The SMILES string of the molecule is O=S(=O)(O)F.O=S(=O)(O)F.O=S(=O)(O)F.O=S(=O)(O)F.[SiH4]. The summed E-state index contributed by atoms with van der Waals surface area (Å²) in [4.78, 5) is 0. The summed E-state index contributed by atoms with van der Waals surface area (Å²) in [6.07, 6.45) is 0. The molecule has 0 atom stereocenters. The number of hydrogen-bond acceptors (Lipinski definition) is 8. The van der Waals surface area contributed by atoms with E-state index in [1.165, 1.54) is 0 Å². The summed E-state index contributed by atoms with van der Waals surface area (Å²) in [5, 5.41) is 0. The van der Waals surface area contributed by atoms with Gasteiger partial charge in [-0.15, -0.1) is 0 Å². The van der Waals surface area contributed by atoms with Crippen molar-refractivity contribution in [1.29, 1.82) is 0 Å². The molecule has 0 saturated heterocycles. The zero-order valence-corrected chi connectivity index (χ0v) is 11.5. The van der Waals surface area contributed by atoms with Crippen molar-refractivity contribution in [3.63, 3.8) is 0 Å². The van der Waals surface area contributed by atoms with Crippen LogP contribution >= 0.6 is 0 Å². The molecule has 0 unspecified atom stereocenters. The van der Waals surface area contributed by atoms with Crippen molar-refractivity contribution in [2.24, 2.45) is 0 Å². The van der Waals surface area contributed by atoms with Gasteiger partial charge in [-0.3, -0.25) is 18.2 Å². The maximum Gasteiger partial charge on any atom is 0.435 e. The van der Waals surface area contributed by atoms with Crippen LogP contribution in [-0.4, -0.2) is 62.8 Å². The molecule has 0 bridgehead atoms. The van der Waals surface area contributed by atoms with Gasteiger partial charge in [0.25, 0.3) is 0 Å². The molecular weight excluding hydrogens is 424 g/mol. The molecule has 0 saturated carbocycles. The van der Waals surface area contributed by atoms with Gasteiger partial charge in [0.2, 0.25) is 0 Å². The molecule has 136 valence electrons. The monoisotopic (exact) mass is 432 g/mol. The Labute approximate surface area is 121 Å². The van der Waals surface area contributed by atoms with Crippen molar-refractivity contribution in [1.82, 2.24) is 0 Å². The molecule has 0 aliphatic heterocycles. The first-order valence-electron chi connectivity index (χ1n) is 2.68. The maximum absolute atomic E-state index is 10.2. The Morgan fingerprint density at radius 2 is 0.429 bits per heavy atom. The molecule has 0 fully saturated rings. The molecule has 0 rings (SSSR count).